The van der Waals surface area contributed by atoms with Gasteiger partial charge in [-0.15, -0.1) is 11.8 Å². The third-order valence-electron chi connectivity index (χ3n) is 2.73. The van der Waals surface area contributed by atoms with E-state index >= 15 is 0 Å². The first-order chi connectivity index (χ1) is 8.40. The molecule has 2 N–H and O–H groups in total. The van der Waals surface area contributed by atoms with Crippen molar-refractivity contribution in [3.8, 4) is 5.75 Å². The molecule has 1 atom stereocenters. The maximum Gasteiger partial charge on any atom is 0.329 e. The van der Waals surface area contributed by atoms with Crippen LogP contribution in [0.2, 0.25) is 0 Å². The lowest BCUT2D eigenvalue weighted by molar-refractivity contribution is -0.138. The van der Waals surface area contributed by atoms with Gasteiger partial charge in [-0.25, -0.2) is 4.79 Å². The first-order valence-electron chi connectivity index (χ1n) is 5.51. The molecule has 0 aromatic carbocycles. The van der Waals surface area contributed by atoms with Gasteiger partial charge < -0.3 is 10.2 Å². The van der Waals surface area contributed by atoms with Crippen LogP contribution in [-0.2, 0) is 11.2 Å². The minimum Gasteiger partial charge on any atom is -0.506 e. The first kappa shape index (κ1) is 12.9. The van der Waals surface area contributed by atoms with Crippen LogP contribution in [-0.4, -0.2) is 37.0 Å². The second-order valence-electron chi connectivity index (χ2n) is 4.62. The Morgan fingerprint density at radius 3 is 2.83 bits per heavy atom. The highest BCUT2D eigenvalue weighted by Gasteiger charge is 2.42. The van der Waals surface area contributed by atoms with Crippen LogP contribution in [0, 0.1) is 0 Å². The summed E-state index contributed by atoms with van der Waals surface area (Å²) in [6.07, 6.45) is 1.96. The van der Waals surface area contributed by atoms with Crippen molar-refractivity contribution in [2.45, 2.75) is 31.1 Å². The van der Waals surface area contributed by atoms with Crippen molar-refractivity contribution in [2.24, 2.45) is 4.99 Å². The molecule has 0 radical (unpaired) electrons. The van der Waals surface area contributed by atoms with Crippen LogP contribution < -0.4 is 0 Å². The van der Waals surface area contributed by atoms with Crippen LogP contribution >= 0.6 is 11.8 Å². The molecule has 5 nitrogen and oxygen atoms in total. The zero-order valence-electron chi connectivity index (χ0n) is 10.1. The molecule has 0 saturated carbocycles. The summed E-state index contributed by atoms with van der Waals surface area (Å²) in [6.45, 7) is 3.70. The summed E-state index contributed by atoms with van der Waals surface area (Å²) < 4.78 is -0.467. The van der Waals surface area contributed by atoms with Gasteiger partial charge in [0.05, 0.1) is 10.7 Å². The summed E-state index contributed by atoms with van der Waals surface area (Å²) in [4.78, 5) is 19.4. The van der Waals surface area contributed by atoms with E-state index in [0.29, 0.717) is 17.2 Å². The second-order valence-corrected chi connectivity index (χ2v) is 6.34. The third kappa shape index (κ3) is 2.48. The fraction of sp³-hybridized carbons (Fsp3) is 0.417. The molecule has 0 amide bonds. The fourth-order valence-electron chi connectivity index (χ4n) is 1.83. The summed E-state index contributed by atoms with van der Waals surface area (Å²) in [6, 6.07) is 2.46. The van der Waals surface area contributed by atoms with E-state index in [9.17, 15) is 9.90 Å². The zero-order chi connectivity index (χ0) is 13.3. The average Bonchev–Trinajstić information content (AvgIpc) is 2.57. The summed E-state index contributed by atoms with van der Waals surface area (Å²) in [5, 5.41) is 19.4. The van der Waals surface area contributed by atoms with Gasteiger partial charge in [-0.3, -0.25) is 9.98 Å². The quantitative estimate of drug-likeness (QED) is 0.870. The molecular weight excluding hydrogens is 252 g/mol. The van der Waals surface area contributed by atoms with Crippen LogP contribution in [0.15, 0.2) is 23.3 Å². The summed E-state index contributed by atoms with van der Waals surface area (Å²) in [7, 11) is 0. The van der Waals surface area contributed by atoms with E-state index in [1.54, 1.807) is 18.3 Å². The monoisotopic (exact) mass is 266 g/mol. The van der Waals surface area contributed by atoms with Crippen molar-refractivity contribution in [1.29, 1.82) is 0 Å². The number of aliphatic carboxylic acids is 1. The fourth-order valence-corrected chi connectivity index (χ4v) is 3.07. The van der Waals surface area contributed by atoms with Gasteiger partial charge in [-0.2, -0.15) is 0 Å². The summed E-state index contributed by atoms with van der Waals surface area (Å²) in [5.74, 6) is -0.815. The molecule has 0 saturated heterocycles. The van der Waals surface area contributed by atoms with Crippen molar-refractivity contribution in [1.82, 2.24) is 4.98 Å². The number of nitrogens with zero attached hydrogens (tertiary/aromatic N) is 2. The lowest BCUT2D eigenvalue weighted by atomic mass is 10.0. The van der Waals surface area contributed by atoms with Crippen LogP contribution in [0.25, 0.3) is 0 Å². The highest BCUT2D eigenvalue weighted by Crippen LogP contribution is 2.39. The van der Waals surface area contributed by atoms with Crippen LogP contribution in [0.3, 0.4) is 0 Å². The SMILES string of the molecule is CC1(C)SC(Cc2ncccc2O)=NC1C(=O)O. The Bertz CT molecular complexity index is 514. The van der Waals surface area contributed by atoms with Crippen molar-refractivity contribution in [3.05, 3.63) is 24.0 Å². The van der Waals surface area contributed by atoms with Gasteiger partial charge in [-0.1, -0.05) is 0 Å². The third-order valence-corrected chi connectivity index (χ3v) is 3.97. The maximum atomic E-state index is 11.1. The Labute approximate surface area is 109 Å². The van der Waals surface area contributed by atoms with E-state index in [4.69, 9.17) is 5.11 Å². The zero-order valence-corrected chi connectivity index (χ0v) is 10.9. The Hall–Kier alpha value is -1.56. The van der Waals surface area contributed by atoms with Gasteiger partial charge in [0.1, 0.15) is 5.75 Å². The highest BCUT2D eigenvalue weighted by molar-refractivity contribution is 8.15. The molecule has 6 heteroatoms. The molecule has 1 aliphatic rings. The molecule has 0 bridgehead atoms. The summed E-state index contributed by atoms with van der Waals surface area (Å²) in [5.41, 5.74) is 0.519. The predicted molar refractivity (Wildman–Crippen MR) is 70.1 cm³/mol. The highest BCUT2D eigenvalue weighted by atomic mass is 32.2. The number of aromatic hydroxyl groups is 1. The van der Waals surface area contributed by atoms with Gasteiger partial charge in [0.2, 0.25) is 0 Å². The van der Waals surface area contributed by atoms with Gasteiger partial charge in [-0.05, 0) is 26.0 Å². The van der Waals surface area contributed by atoms with Gasteiger partial charge in [0.15, 0.2) is 6.04 Å². The smallest absolute Gasteiger partial charge is 0.329 e. The number of carboxylic acids is 1. The number of rotatable bonds is 3. The second kappa shape index (κ2) is 4.61. The van der Waals surface area contributed by atoms with E-state index in [2.05, 4.69) is 9.98 Å². The minimum atomic E-state index is -0.923. The van der Waals surface area contributed by atoms with E-state index in [1.807, 2.05) is 13.8 Å². The number of pyridine rings is 1. The molecule has 2 rings (SSSR count). The van der Waals surface area contributed by atoms with Gasteiger partial charge in [0.25, 0.3) is 0 Å². The Balaban J connectivity index is 2.20. The van der Waals surface area contributed by atoms with Crippen molar-refractivity contribution in [2.75, 3.05) is 0 Å². The van der Waals surface area contributed by atoms with Gasteiger partial charge >= 0.3 is 5.97 Å². The molecule has 1 aliphatic heterocycles. The Morgan fingerprint density at radius 1 is 1.56 bits per heavy atom. The van der Waals surface area contributed by atoms with E-state index < -0.39 is 16.8 Å². The first-order valence-corrected chi connectivity index (χ1v) is 6.33. The summed E-state index contributed by atoms with van der Waals surface area (Å²) >= 11 is 1.43. The number of hydrogen-bond acceptors (Lipinski definition) is 5. The Kier molecular flexibility index (Phi) is 3.30. The van der Waals surface area contributed by atoms with E-state index in [-0.39, 0.29) is 5.75 Å². The lowest BCUT2D eigenvalue weighted by Gasteiger charge is -2.20. The molecule has 18 heavy (non-hydrogen) atoms. The van der Waals surface area contributed by atoms with Crippen molar-refractivity contribution >= 4 is 22.8 Å². The average molecular weight is 266 g/mol. The van der Waals surface area contributed by atoms with E-state index in [1.165, 1.54) is 11.8 Å². The minimum absolute atomic E-state index is 0.109. The molecule has 1 aromatic heterocycles. The maximum absolute atomic E-state index is 11.1. The van der Waals surface area contributed by atoms with Crippen LogP contribution in [0.5, 0.6) is 5.75 Å². The van der Waals surface area contributed by atoms with Crippen LogP contribution in [0.1, 0.15) is 19.5 Å². The number of carboxylic acid groups (broad SMARTS) is 1. The predicted octanol–water partition coefficient (Wildman–Crippen LogP) is 1.71. The van der Waals surface area contributed by atoms with Gasteiger partial charge in [0, 0.05) is 17.4 Å². The van der Waals surface area contributed by atoms with E-state index in [0.717, 1.165) is 0 Å². The molecule has 2 heterocycles. The number of carbonyl (C=O) groups is 1. The van der Waals surface area contributed by atoms with Crippen molar-refractivity contribution < 1.29 is 15.0 Å². The Morgan fingerprint density at radius 2 is 2.28 bits per heavy atom. The molecular formula is C12H14N2O3S. The molecule has 0 spiro atoms. The van der Waals surface area contributed by atoms with Crippen LogP contribution in [0.4, 0.5) is 0 Å². The molecule has 0 aliphatic carbocycles. The standard InChI is InChI=1S/C12H14N2O3S/c1-12(2)10(11(16)17)14-9(18-12)6-7-8(15)4-3-5-13-7/h3-5,10,15H,6H2,1-2H3,(H,16,17). The largest absolute Gasteiger partial charge is 0.506 e. The van der Waals surface area contributed by atoms with Crippen molar-refractivity contribution in [3.63, 3.8) is 0 Å². The molecule has 1 aromatic rings. The lowest BCUT2D eigenvalue weighted by Crippen LogP contribution is -2.34. The number of hydrogen-bond donors (Lipinski definition) is 2. The number of aromatic nitrogens is 1. The number of thioether (sulfide) groups is 1. The normalized spacial score (nSPS) is 21.7. The topological polar surface area (TPSA) is 82.8 Å². The molecule has 1 unspecified atom stereocenters. The number of aliphatic imine (C=N–C) groups is 1. The molecule has 96 valence electrons. The molecule has 0 fully saturated rings.